The normalized spacial score (nSPS) is 11.8. The van der Waals surface area contributed by atoms with Gasteiger partial charge >= 0.3 is 0 Å². The highest BCUT2D eigenvalue weighted by Gasteiger charge is 2.20. The van der Waals surface area contributed by atoms with E-state index in [1.165, 1.54) is 0 Å². The van der Waals surface area contributed by atoms with Crippen LogP contribution in [0.15, 0.2) is 18.2 Å². The standard InChI is InChI=1S/C13H20N2O3/c1-15-13(16)10(6-7-14)9-4-5-11(17-2)12(8-9)18-3/h4-5,8,10H,6-7,14H2,1-3H3,(H,15,16). The van der Waals surface area contributed by atoms with Crippen LogP contribution in [-0.2, 0) is 4.79 Å². The molecule has 0 heterocycles. The van der Waals surface area contributed by atoms with Crippen molar-refractivity contribution in [3.63, 3.8) is 0 Å². The third kappa shape index (κ3) is 3.13. The number of methoxy groups -OCH3 is 2. The van der Waals surface area contributed by atoms with Gasteiger partial charge in [-0.1, -0.05) is 6.07 Å². The van der Waals surface area contributed by atoms with Crippen molar-refractivity contribution in [3.05, 3.63) is 23.8 Å². The molecule has 1 aromatic rings. The van der Waals surface area contributed by atoms with Gasteiger partial charge in [0.25, 0.3) is 0 Å². The molecule has 5 heteroatoms. The van der Waals surface area contributed by atoms with Gasteiger partial charge < -0.3 is 20.5 Å². The van der Waals surface area contributed by atoms with Crippen molar-refractivity contribution in [2.24, 2.45) is 5.73 Å². The van der Waals surface area contributed by atoms with Crippen molar-refractivity contribution in [2.45, 2.75) is 12.3 Å². The van der Waals surface area contributed by atoms with Gasteiger partial charge in [0, 0.05) is 7.05 Å². The van der Waals surface area contributed by atoms with Gasteiger partial charge in [0.2, 0.25) is 5.91 Å². The van der Waals surface area contributed by atoms with Crippen LogP contribution in [0, 0.1) is 0 Å². The lowest BCUT2D eigenvalue weighted by molar-refractivity contribution is -0.122. The van der Waals surface area contributed by atoms with E-state index < -0.39 is 0 Å². The number of nitrogens with one attached hydrogen (secondary N) is 1. The third-order valence-corrected chi connectivity index (χ3v) is 2.83. The van der Waals surface area contributed by atoms with Gasteiger partial charge in [0.05, 0.1) is 20.1 Å². The van der Waals surface area contributed by atoms with Crippen molar-refractivity contribution < 1.29 is 14.3 Å². The van der Waals surface area contributed by atoms with E-state index in [2.05, 4.69) is 5.32 Å². The van der Waals surface area contributed by atoms with E-state index in [1.807, 2.05) is 12.1 Å². The Morgan fingerprint density at radius 3 is 2.50 bits per heavy atom. The Balaban J connectivity index is 3.08. The molecule has 1 amide bonds. The number of benzene rings is 1. The molecule has 1 aromatic carbocycles. The monoisotopic (exact) mass is 252 g/mol. The minimum atomic E-state index is -0.264. The van der Waals surface area contributed by atoms with E-state index in [4.69, 9.17) is 15.2 Å². The molecule has 18 heavy (non-hydrogen) atoms. The number of hydrogen-bond acceptors (Lipinski definition) is 4. The molecule has 1 unspecified atom stereocenters. The van der Waals surface area contributed by atoms with Crippen LogP contribution in [0.5, 0.6) is 11.5 Å². The summed E-state index contributed by atoms with van der Waals surface area (Å²) in [5.41, 5.74) is 6.42. The Hall–Kier alpha value is -1.75. The molecule has 0 saturated carbocycles. The molecular formula is C13H20N2O3. The number of amides is 1. The fraction of sp³-hybridized carbons (Fsp3) is 0.462. The van der Waals surface area contributed by atoms with E-state index in [1.54, 1.807) is 27.3 Å². The van der Waals surface area contributed by atoms with Crippen molar-refractivity contribution >= 4 is 5.91 Å². The second-order valence-electron chi connectivity index (χ2n) is 3.86. The van der Waals surface area contributed by atoms with Gasteiger partial charge in [-0.05, 0) is 30.7 Å². The van der Waals surface area contributed by atoms with E-state index in [9.17, 15) is 4.79 Å². The highest BCUT2D eigenvalue weighted by atomic mass is 16.5. The minimum absolute atomic E-state index is 0.0485. The van der Waals surface area contributed by atoms with Crippen molar-refractivity contribution in [1.29, 1.82) is 0 Å². The maximum atomic E-state index is 11.8. The minimum Gasteiger partial charge on any atom is -0.493 e. The first-order valence-corrected chi connectivity index (χ1v) is 5.81. The van der Waals surface area contributed by atoms with Gasteiger partial charge in [-0.3, -0.25) is 4.79 Å². The van der Waals surface area contributed by atoms with E-state index in [0.29, 0.717) is 24.5 Å². The van der Waals surface area contributed by atoms with Crippen molar-refractivity contribution in [3.8, 4) is 11.5 Å². The summed E-state index contributed by atoms with van der Waals surface area (Å²) >= 11 is 0. The molecule has 3 N–H and O–H groups in total. The van der Waals surface area contributed by atoms with Crippen LogP contribution in [-0.4, -0.2) is 33.7 Å². The predicted molar refractivity (Wildman–Crippen MR) is 70.0 cm³/mol. The van der Waals surface area contributed by atoms with Gasteiger partial charge in [0.15, 0.2) is 11.5 Å². The zero-order chi connectivity index (χ0) is 13.5. The second kappa shape index (κ2) is 6.86. The average Bonchev–Trinajstić information content (AvgIpc) is 2.43. The summed E-state index contributed by atoms with van der Waals surface area (Å²) in [5, 5.41) is 2.65. The van der Waals surface area contributed by atoms with Crippen LogP contribution in [0.1, 0.15) is 17.9 Å². The number of rotatable bonds is 6. The number of hydrogen-bond donors (Lipinski definition) is 2. The molecule has 0 radical (unpaired) electrons. The van der Waals surface area contributed by atoms with Crippen LogP contribution in [0.4, 0.5) is 0 Å². The first-order chi connectivity index (χ1) is 8.67. The molecule has 100 valence electrons. The summed E-state index contributed by atoms with van der Waals surface area (Å²) in [4.78, 5) is 11.8. The number of carbonyl (C=O) groups excluding carboxylic acids is 1. The zero-order valence-electron chi connectivity index (χ0n) is 11.0. The summed E-state index contributed by atoms with van der Waals surface area (Å²) in [6.45, 7) is 0.451. The molecule has 0 aliphatic rings. The van der Waals surface area contributed by atoms with E-state index in [0.717, 1.165) is 5.56 Å². The molecular weight excluding hydrogens is 232 g/mol. The van der Waals surface area contributed by atoms with Gasteiger partial charge in [-0.2, -0.15) is 0 Å². The topological polar surface area (TPSA) is 73.6 Å². The number of carbonyl (C=O) groups is 1. The SMILES string of the molecule is CNC(=O)C(CCN)c1ccc(OC)c(OC)c1. The van der Waals surface area contributed by atoms with Gasteiger partial charge in [-0.15, -0.1) is 0 Å². The lowest BCUT2D eigenvalue weighted by Gasteiger charge is -2.17. The third-order valence-electron chi connectivity index (χ3n) is 2.83. The molecule has 0 spiro atoms. The second-order valence-corrected chi connectivity index (χ2v) is 3.86. The fourth-order valence-corrected chi connectivity index (χ4v) is 1.86. The molecule has 0 aromatic heterocycles. The maximum absolute atomic E-state index is 11.8. The molecule has 5 nitrogen and oxygen atoms in total. The van der Waals surface area contributed by atoms with Crippen molar-refractivity contribution in [1.82, 2.24) is 5.32 Å². The van der Waals surface area contributed by atoms with E-state index >= 15 is 0 Å². The van der Waals surface area contributed by atoms with Crippen molar-refractivity contribution in [2.75, 3.05) is 27.8 Å². The Bertz CT molecular complexity index is 407. The largest absolute Gasteiger partial charge is 0.493 e. The zero-order valence-corrected chi connectivity index (χ0v) is 11.0. The van der Waals surface area contributed by atoms with Crippen LogP contribution < -0.4 is 20.5 Å². The smallest absolute Gasteiger partial charge is 0.227 e. The Labute approximate surface area is 107 Å². The maximum Gasteiger partial charge on any atom is 0.227 e. The summed E-state index contributed by atoms with van der Waals surface area (Å²) < 4.78 is 10.4. The van der Waals surface area contributed by atoms with Gasteiger partial charge in [0.1, 0.15) is 0 Å². The highest BCUT2D eigenvalue weighted by Crippen LogP contribution is 2.31. The molecule has 0 aliphatic carbocycles. The number of nitrogens with two attached hydrogens (primary N) is 1. The lowest BCUT2D eigenvalue weighted by Crippen LogP contribution is -2.27. The summed E-state index contributed by atoms with van der Waals surface area (Å²) in [5.74, 6) is 0.943. The molecule has 0 fully saturated rings. The average molecular weight is 252 g/mol. The van der Waals surface area contributed by atoms with Crippen LogP contribution >= 0.6 is 0 Å². The molecule has 0 bridgehead atoms. The lowest BCUT2D eigenvalue weighted by atomic mass is 9.94. The van der Waals surface area contributed by atoms with Crippen LogP contribution in [0.25, 0.3) is 0 Å². The van der Waals surface area contributed by atoms with Crippen LogP contribution in [0.2, 0.25) is 0 Å². The summed E-state index contributed by atoms with van der Waals surface area (Å²) in [6, 6.07) is 5.46. The quantitative estimate of drug-likeness (QED) is 0.788. The Morgan fingerprint density at radius 1 is 1.33 bits per heavy atom. The van der Waals surface area contributed by atoms with Gasteiger partial charge in [-0.25, -0.2) is 0 Å². The summed E-state index contributed by atoms with van der Waals surface area (Å²) in [6.07, 6.45) is 0.592. The highest BCUT2D eigenvalue weighted by molar-refractivity contribution is 5.83. The first-order valence-electron chi connectivity index (χ1n) is 5.81. The molecule has 1 rings (SSSR count). The fourth-order valence-electron chi connectivity index (χ4n) is 1.86. The number of likely N-dealkylation sites (N-methyl/N-ethyl adjacent to an activating group) is 1. The Kier molecular flexibility index (Phi) is 5.45. The molecule has 0 aliphatic heterocycles. The number of ether oxygens (including phenoxy) is 2. The van der Waals surface area contributed by atoms with Crippen LogP contribution in [0.3, 0.4) is 0 Å². The van der Waals surface area contributed by atoms with E-state index in [-0.39, 0.29) is 11.8 Å². The predicted octanol–water partition coefficient (Wildman–Crippen LogP) is 0.882. The summed E-state index contributed by atoms with van der Waals surface area (Å²) in [7, 11) is 4.76. The molecule has 1 atom stereocenters. The Morgan fingerprint density at radius 2 is 2.00 bits per heavy atom. The first kappa shape index (κ1) is 14.3. The molecule has 0 saturated heterocycles.